The molecule has 0 aliphatic carbocycles. The van der Waals surface area contributed by atoms with E-state index in [1.807, 2.05) is 0 Å². The number of aromatic nitrogens is 2. The molecule has 1 saturated heterocycles. The first kappa shape index (κ1) is 15.4. The number of hydrogen-bond acceptors (Lipinski definition) is 3. The van der Waals surface area contributed by atoms with E-state index in [-0.39, 0.29) is 0 Å². The zero-order valence-electron chi connectivity index (χ0n) is 13.5. The van der Waals surface area contributed by atoms with Crippen molar-refractivity contribution in [2.75, 3.05) is 19.6 Å². The summed E-state index contributed by atoms with van der Waals surface area (Å²) in [6, 6.07) is 4.34. The van der Waals surface area contributed by atoms with E-state index < -0.39 is 0 Å². The highest BCUT2D eigenvalue weighted by molar-refractivity contribution is 5.13. The van der Waals surface area contributed by atoms with E-state index in [4.69, 9.17) is 0 Å². The van der Waals surface area contributed by atoms with Crippen LogP contribution in [0, 0.1) is 5.92 Å². The van der Waals surface area contributed by atoms with Crippen LogP contribution in [0.25, 0.3) is 0 Å². The van der Waals surface area contributed by atoms with Crippen LogP contribution in [0.2, 0.25) is 0 Å². The van der Waals surface area contributed by atoms with Crippen LogP contribution >= 0.6 is 0 Å². The van der Waals surface area contributed by atoms with Gasteiger partial charge in [0, 0.05) is 5.92 Å². The molecule has 1 fully saturated rings. The van der Waals surface area contributed by atoms with Gasteiger partial charge in [-0.3, -0.25) is 0 Å². The SMILES string of the molecule is CC(C)CCN1CCC(c2ccc(C(C)C)nn2)CC1. The molecule has 0 bridgehead atoms. The van der Waals surface area contributed by atoms with Gasteiger partial charge in [0.05, 0.1) is 11.4 Å². The Hall–Kier alpha value is -0.960. The predicted molar refractivity (Wildman–Crippen MR) is 84.0 cm³/mol. The van der Waals surface area contributed by atoms with Gasteiger partial charge < -0.3 is 4.90 Å². The molecule has 1 aliphatic rings. The van der Waals surface area contributed by atoms with Crippen molar-refractivity contribution >= 4 is 0 Å². The van der Waals surface area contributed by atoms with Gasteiger partial charge in [0.15, 0.2) is 0 Å². The summed E-state index contributed by atoms with van der Waals surface area (Å²) in [4.78, 5) is 2.60. The van der Waals surface area contributed by atoms with Crippen LogP contribution in [0.4, 0.5) is 0 Å². The van der Waals surface area contributed by atoms with Crippen LogP contribution in [0.5, 0.6) is 0 Å². The van der Waals surface area contributed by atoms with Crippen molar-refractivity contribution in [2.45, 2.75) is 58.8 Å². The third-order valence-corrected chi connectivity index (χ3v) is 4.33. The minimum absolute atomic E-state index is 0.467. The van der Waals surface area contributed by atoms with Crippen molar-refractivity contribution in [2.24, 2.45) is 5.92 Å². The first-order chi connectivity index (χ1) is 9.56. The molecule has 0 saturated carbocycles. The Balaban J connectivity index is 1.84. The Morgan fingerprint density at radius 3 is 2.30 bits per heavy atom. The number of hydrogen-bond donors (Lipinski definition) is 0. The molecule has 1 aliphatic heterocycles. The van der Waals surface area contributed by atoms with E-state index in [0.29, 0.717) is 11.8 Å². The Morgan fingerprint density at radius 2 is 1.80 bits per heavy atom. The Bertz CT molecular complexity index is 389. The van der Waals surface area contributed by atoms with Gasteiger partial charge in [0.1, 0.15) is 0 Å². The lowest BCUT2D eigenvalue weighted by Gasteiger charge is -2.31. The summed E-state index contributed by atoms with van der Waals surface area (Å²) in [7, 11) is 0. The Labute approximate surface area is 123 Å². The molecule has 0 unspecified atom stereocenters. The van der Waals surface area contributed by atoms with E-state index >= 15 is 0 Å². The van der Waals surface area contributed by atoms with Gasteiger partial charge in [0.25, 0.3) is 0 Å². The minimum atomic E-state index is 0.467. The molecular formula is C17H29N3. The van der Waals surface area contributed by atoms with Gasteiger partial charge in [-0.2, -0.15) is 10.2 Å². The topological polar surface area (TPSA) is 29.0 Å². The molecular weight excluding hydrogens is 246 g/mol. The number of rotatable bonds is 5. The summed E-state index contributed by atoms with van der Waals surface area (Å²) in [6.45, 7) is 12.6. The summed E-state index contributed by atoms with van der Waals surface area (Å²) < 4.78 is 0. The van der Waals surface area contributed by atoms with Gasteiger partial charge in [-0.15, -0.1) is 0 Å². The largest absolute Gasteiger partial charge is 0.303 e. The van der Waals surface area contributed by atoms with Gasteiger partial charge >= 0.3 is 0 Å². The average Bonchev–Trinajstić information content (AvgIpc) is 2.46. The zero-order chi connectivity index (χ0) is 14.5. The second-order valence-corrected chi connectivity index (χ2v) is 6.84. The van der Waals surface area contributed by atoms with Gasteiger partial charge in [-0.25, -0.2) is 0 Å². The number of nitrogens with zero attached hydrogens (tertiary/aromatic N) is 3. The molecule has 0 N–H and O–H groups in total. The molecule has 0 spiro atoms. The quantitative estimate of drug-likeness (QED) is 0.818. The van der Waals surface area contributed by atoms with Crippen LogP contribution in [0.1, 0.15) is 70.2 Å². The van der Waals surface area contributed by atoms with E-state index in [9.17, 15) is 0 Å². The second-order valence-electron chi connectivity index (χ2n) is 6.84. The van der Waals surface area contributed by atoms with Crippen molar-refractivity contribution in [3.05, 3.63) is 23.5 Å². The van der Waals surface area contributed by atoms with E-state index in [1.165, 1.54) is 44.6 Å². The first-order valence-electron chi connectivity index (χ1n) is 8.12. The number of piperidine rings is 1. The highest BCUT2D eigenvalue weighted by atomic mass is 15.1. The summed E-state index contributed by atoms with van der Waals surface area (Å²) in [5.41, 5.74) is 2.29. The normalized spacial score (nSPS) is 18.1. The lowest BCUT2D eigenvalue weighted by molar-refractivity contribution is 0.200. The highest BCUT2D eigenvalue weighted by Gasteiger charge is 2.21. The maximum Gasteiger partial charge on any atom is 0.0663 e. The smallest absolute Gasteiger partial charge is 0.0663 e. The van der Waals surface area contributed by atoms with Crippen LogP contribution in [0.15, 0.2) is 12.1 Å². The second kappa shape index (κ2) is 7.16. The molecule has 0 atom stereocenters. The van der Waals surface area contributed by atoms with Gasteiger partial charge in [-0.1, -0.05) is 27.7 Å². The summed E-state index contributed by atoms with van der Waals surface area (Å²) >= 11 is 0. The fraction of sp³-hybridized carbons (Fsp3) is 0.765. The molecule has 112 valence electrons. The Kier molecular flexibility index (Phi) is 5.53. The van der Waals surface area contributed by atoms with Gasteiger partial charge in [-0.05, 0) is 62.9 Å². The molecule has 2 heterocycles. The monoisotopic (exact) mass is 275 g/mol. The molecule has 1 aromatic rings. The molecule has 1 aromatic heterocycles. The maximum atomic E-state index is 4.45. The lowest BCUT2D eigenvalue weighted by Crippen LogP contribution is -2.34. The maximum absolute atomic E-state index is 4.45. The van der Waals surface area contributed by atoms with Crippen LogP contribution in [-0.4, -0.2) is 34.7 Å². The fourth-order valence-electron chi connectivity index (χ4n) is 2.77. The van der Waals surface area contributed by atoms with E-state index in [0.717, 1.165) is 11.6 Å². The van der Waals surface area contributed by atoms with Crippen molar-refractivity contribution in [3.8, 4) is 0 Å². The van der Waals surface area contributed by atoms with Crippen molar-refractivity contribution in [1.82, 2.24) is 15.1 Å². The molecule has 20 heavy (non-hydrogen) atoms. The third-order valence-electron chi connectivity index (χ3n) is 4.33. The van der Waals surface area contributed by atoms with Crippen molar-refractivity contribution < 1.29 is 0 Å². The van der Waals surface area contributed by atoms with Gasteiger partial charge in [0.2, 0.25) is 0 Å². The minimum Gasteiger partial charge on any atom is -0.303 e. The molecule has 2 rings (SSSR count). The highest BCUT2D eigenvalue weighted by Crippen LogP contribution is 2.27. The molecule has 0 amide bonds. The molecule has 3 heteroatoms. The van der Waals surface area contributed by atoms with Crippen molar-refractivity contribution in [1.29, 1.82) is 0 Å². The fourth-order valence-corrected chi connectivity index (χ4v) is 2.77. The van der Waals surface area contributed by atoms with E-state index in [2.05, 4.69) is 54.9 Å². The van der Waals surface area contributed by atoms with Crippen LogP contribution in [0.3, 0.4) is 0 Å². The summed E-state index contributed by atoms with van der Waals surface area (Å²) in [5, 5.41) is 8.82. The standard InChI is InChI=1S/C17H29N3/c1-13(2)7-10-20-11-8-15(9-12-20)17-6-5-16(14(3)4)18-19-17/h5-6,13-15H,7-12H2,1-4H3. The van der Waals surface area contributed by atoms with Crippen molar-refractivity contribution in [3.63, 3.8) is 0 Å². The third kappa shape index (κ3) is 4.27. The predicted octanol–water partition coefficient (Wildman–Crippen LogP) is 3.83. The Morgan fingerprint density at radius 1 is 1.10 bits per heavy atom. The zero-order valence-corrected chi connectivity index (χ0v) is 13.5. The molecule has 0 radical (unpaired) electrons. The molecule has 3 nitrogen and oxygen atoms in total. The molecule has 0 aromatic carbocycles. The summed E-state index contributed by atoms with van der Waals surface area (Å²) in [5.74, 6) is 1.88. The van der Waals surface area contributed by atoms with Crippen LogP contribution in [-0.2, 0) is 0 Å². The average molecular weight is 275 g/mol. The van der Waals surface area contributed by atoms with E-state index in [1.54, 1.807) is 0 Å². The lowest BCUT2D eigenvalue weighted by atomic mass is 9.92. The summed E-state index contributed by atoms with van der Waals surface area (Å²) in [6.07, 6.45) is 3.77. The van der Waals surface area contributed by atoms with Crippen LogP contribution < -0.4 is 0 Å². The first-order valence-corrected chi connectivity index (χ1v) is 8.12. The number of likely N-dealkylation sites (tertiary alicyclic amines) is 1.